The molecule has 1 fully saturated rings. The lowest BCUT2D eigenvalue weighted by atomic mass is 10.1. The summed E-state index contributed by atoms with van der Waals surface area (Å²) in [5.74, 6) is -0.760. The van der Waals surface area contributed by atoms with Crippen molar-refractivity contribution in [1.82, 2.24) is 9.62 Å². The van der Waals surface area contributed by atoms with Gasteiger partial charge in [0, 0.05) is 24.2 Å². The number of nitrogens with zero attached hydrogens (tertiary/aromatic N) is 1. The second kappa shape index (κ2) is 10.1. The lowest BCUT2D eigenvalue weighted by molar-refractivity contribution is 0.0920. The maximum atomic E-state index is 13.2. The van der Waals surface area contributed by atoms with Gasteiger partial charge in [0.1, 0.15) is 0 Å². The molecule has 178 valence electrons. The number of para-hydroxylation sites is 1. The van der Waals surface area contributed by atoms with Crippen LogP contribution in [0, 0.1) is 6.92 Å². The molecule has 1 saturated heterocycles. The third-order valence-corrected chi connectivity index (χ3v) is 7.46. The zero-order valence-electron chi connectivity index (χ0n) is 19.8. The van der Waals surface area contributed by atoms with E-state index >= 15 is 0 Å². The molecular formula is C25H33N3O4S. The topological polar surface area (TPSA) is 95.6 Å². The summed E-state index contributed by atoms with van der Waals surface area (Å²) in [6.07, 6.45) is 3.73. The summed E-state index contributed by atoms with van der Waals surface area (Å²) >= 11 is 0. The third kappa shape index (κ3) is 6.21. The van der Waals surface area contributed by atoms with E-state index in [4.69, 9.17) is 0 Å². The van der Waals surface area contributed by atoms with E-state index < -0.39 is 21.5 Å². The molecule has 2 N–H and O–H groups in total. The molecule has 1 aliphatic rings. The Hall–Kier alpha value is -2.71. The van der Waals surface area contributed by atoms with Gasteiger partial charge in [-0.05, 0) is 70.4 Å². The summed E-state index contributed by atoms with van der Waals surface area (Å²) in [7, 11) is -3.68. The first kappa shape index (κ1) is 24.9. The molecule has 2 amide bonds. The maximum Gasteiger partial charge on any atom is 0.255 e. The quantitative estimate of drug-likeness (QED) is 0.678. The predicted octanol–water partition coefficient (Wildman–Crippen LogP) is 4.34. The number of hydrogen-bond acceptors (Lipinski definition) is 4. The highest BCUT2D eigenvalue weighted by Gasteiger charge is 2.27. The molecule has 3 rings (SSSR count). The van der Waals surface area contributed by atoms with E-state index in [0.29, 0.717) is 29.9 Å². The van der Waals surface area contributed by atoms with Crippen LogP contribution in [0.15, 0.2) is 47.4 Å². The van der Waals surface area contributed by atoms with E-state index in [1.165, 1.54) is 10.4 Å². The van der Waals surface area contributed by atoms with E-state index in [0.717, 1.165) is 25.7 Å². The molecule has 0 aliphatic carbocycles. The van der Waals surface area contributed by atoms with Crippen LogP contribution in [0.5, 0.6) is 0 Å². The molecule has 0 spiro atoms. The van der Waals surface area contributed by atoms with Gasteiger partial charge in [-0.1, -0.05) is 31.0 Å². The van der Waals surface area contributed by atoms with Gasteiger partial charge in [0.2, 0.25) is 10.0 Å². The molecule has 2 aromatic carbocycles. The first-order valence-corrected chi connectivity index (χ1v) is 12.8. The Kier molecular flexibility index (Phi) is 7.59. The number of sulfonamides is 1. The lowest BCUT2D eigenvalue weighted by Crippen LogP contribution is -2.40. The second-order valence-electron chi connectivity index (χ2n) is 9.50. The van der Waals surface area contributed by atoms with Crippen molar-refractivity contribution in [3.8, 4) is 0 Å². The normalized spacial score (nSPS) is 15.5. The summed E-state index contributed by atoms with van der Waals surface area (Å²) in [6, 6.07) is 11.4. The Labute approximate surface area is 196 Å². The second-order valence-corrected chi connectivity index (χ2v) is 11.4. The van der Waals surface area contributed by atoms with Gasteiger partial charge in [-0.3, -0.25) is 9.59 Å². The number of carbonyl (C=O) groups is 2. The van der Waals surface area contributed by atoms with Gasteiger partial charge in [-0.2, -0.15) is 4.31 Å². The zero-order chi connectivity index (χ0) is 24.2. The van der Waals surface area contributed by atoms with Crippen molar-refractivity contribution < 1.29 is 18.0 Å². The summed E-state index contributed by atoms with van der Waals surface area (Å²) in [4.78, 5) is 26.0. The molecule has 33 heavy (non-hydrogen) atoms. The lowest BCUT2D eigenvalue weighted by Gasteiger charge is -2.22. The highest BCUT2D eigenvalue weighted by Crippen LogP contribution is 2.24. The van der Waals surface area contributed by atoms with Crippen LogP contribution in [0.25, 0.3) is 0 Å². The van der Waals surface area contributed by atoms with Crippen molar-refractivity contribution in [2.75, 3.05) is 18.4 Å². The van der Waals surface area contributed by atoms with Crippen LogP contribution < -0.4 is 10.6 Å². The van der Waals surface area contributed by atoms with Gasteiger partial charge in [0.15, 0.2) is 0 Å². The number of hydrogen-bond donors (Lipinski definition) is 2. The molecule has 0 unspecified atom stereocenters. The number of benzene rings is 2. The van der Waals surface area contributed by atoms with E-state index in [-0.39, 0.29) is 16.4 Å². The minimum atomic E-state index is -3.68. The summed E-state index contributed by atoms with van der Waals surface area (Å²) in [6.45, 7) is 8.39. The molecular weight excluding hydrogens is 438 g/mol. The van der Waals surface area contributed by atoms with Crippen LogP contribution in [0.2, 0.25) is 0 Å². The summed E-state index contributed by atoms with van der Waals surface area (Å²) in [5, 5.41) is 5.69. The van der Waals surface area contributed by atoms with Crippen LogP contribution in [0.4, 0.5) is 5.69 Å². The smallest absolute Gasteiger partial charge is 0.255 e. The Morgan fingerprint density at radius 1 is 0.879 bits per heavy atom. The number of anilines is 1. The average molecular weight is 472 g/mol. The molecule has 1 aliphatic heterocycles. The number of amides is 2. The molecule has 8 heteroatoms. The zero-order valence-corrected chi connectivity index (χ0v) is 20.6. The molecule has 0 radical (unpaired) electrons. The molecule has 0 bridgehead atoms. The van der Waals surface area contributed by atoms with Gasteiger partial charge in [-0.25, -0.2) is 8.42 Å². The maximum absolute atomic E-state index is 13.2. The van der Waals surface area contributed by atoms with E-state index in [9.17, 15) is 18.0 Å². The van der Waals surface area contributed by atoms with Crippen LogP contribution >= 0.6 is 0 Å². The van der Waals surface area contributed by atoms with E-state index in [1.54, 1.807) is 43.3 Å². The highest BCUT2D eigenvalue weighted by atomic mass is 32.2. The standard InChI is InChI=1S/C25H33N3O4S/c1-18-13-14-19(33(31,32)28-15-9-5-6-10-16-28)17-21(18)23(29)26-22-12-8-7-11-20(22)24(30)27-25(2,3)4/h7-8,11-14,17H,5-6,9-10,15-16H2,1-4H3,(H,26,29)(H,27,30). The highest BCUT2D eigenvalue weighted by molar-refractivity contribution is 7.89. The Bertz CT molecular complexity index is 1130. The van der Waals surface area contributed by atoms with Crippen molar-refractivity contribution in [2.24, 2.45) is 0 Å². The average Bonchev–Trinajstić information content (AvgIpc) is 3.03. The SMILES string of the molecule is Cc1ccc(S(=O)(=O)N2CCCCCC2)cc1C(=O)Nc1ccccc1C(=O)NC(C)(C)C. The minimum Gasteiger partial charge on any atom is -0.347 e. The van der Waals surface area contributed by atoms with Crippen LogP contribution in [0.1, 0.15) is 72.7 Å². The Balaban J connectivity index is 1.88. The predicted molar refractivity (Wildman–Crippen MR) is 130 cm³/mol. The van der Waals surface area contributed by atoms with Gasteiger partial charge >= 0.3 is 0 Å². The summed E-state index contributed by atoms with van der Waals surface area (Å²) in [5.41, 5.74) is 1.19. The van der Waals surface area contributed by atoms with Gasteiger partial charge in [0.25, 0.3) is 11.8 Å². The van der Waals surface area contributed by atoms with Gasteiger partial charge in [-0.15, -0.1) is 0 Å². The largest absolute Gasteiger partial charge is 0.347 e. The first-order chi connectivity index (χ1) is 15.5. The number of aryl methyl sites for hydroxylation is 1. The molecule has 0 atom stereocenters. The molecule has 2 aromatic rings. The van der Waals surface area contributed by atoms with Crippen LogP contribution in [-0.4, -0.2) is 43.2 Å². The molecule has 0 aromatic heterocycles. The van der Waals surface area contributed by atoms with Crippen molar-refractivity contribution in [1.29, 1.82) is 0 Å². The molecule has 1 heterocycles. The van der Waals surface area contributed by atoms with Crippen molar-refractivity contribution in [2.45, 2.75) is 63.8 Å². The monoisotopic (exact) mass is 471 g/mol. The van der Waals surface area contributed by atoms with Crippen LogP contribution in [0.3, 0.4) is 0 Å². The van der Waals surface area contributed by atoms with Crippen molar-refractivity contribution >= 4 is 27.5 Å². The Morgan fingerprint density at radius 2 is 1.52 bits per heavy atom. The van der Waals surface area contributed by atoms with Crippen LogP contribution in [-0.2, 0) is 10.0 Å². The molecule has 7 nitrogen and oxygen atoms in total. The van der Waals surface area contributed by atoms with E-state index in [2.05, 4.69) is 10.6 Å². The number of nitrogens with one attached hydrogen (secondary N) is 2. The first-order valence-electron chi connectivity index (χ1n) is 11.3. The van der Waals surface area contributed by atoms with Crippen molar-refractivity contribution in [3.05, 3.63) is 59.2 Å². The van der Waals surface area contributed by atoms with Gasteiger partial charge in [0.05, 0.1) is 16.1 Å². The van der Waals surface area contributed by atoms with E-state index in [1.807, 2.05) is 20.8 Å². The summed E-state index contributed by atoms with van der Waals surface area (Å²) < 4.78 is 27.9. The molecule has 0 saturated carbocycles. The fourth-order valence-electron chi connectivity index (χ4n) is 3.82. The fraction of sp³-hybridized carbons (Fsp3) is 0.440. The number of carbonyl (C=O) groups excluding carboxylic acids is 2. The van der Waals surface area contributed by atoms with Crippen molar-refractivity contribution in [3.63, 3.8) is 0 Å². The minimum absolute atomic E-state index is 0.110. The fourth-order valence-corrected chi connectivity index (χ4v) is 5.37. The Morgan fingerprint density at radius 3 is 2.15 bits per heavy atom. The number of rotatable bonds is 5. The third-order valence-electron chi connectivity index (χ3n) is 5.56. The van der Waals surface area contributed by atoms with Gasteiger partial charge < -0.3 is 10.6 Å².